The minimum Gasteiger partial charge on any atom is -0.353 e. The lowest BCUT2D eigenvalue weighted by Gasteiger charge is -2.36. The van der Waals surface area contributed by atoms with Crippen molar-refractivity contribution >= 4 is 29.0 Å². The van der Waals surface area contributed by atoms with Crippen molar-refractivity contribution in [2.24, 2.45) is 5.10 Å². The number of hydrazone groups is 1. The molecule has 0 aliphatic carbocycles. The predicted molar refractivity (Wildman–Crippen MR) is 113 cm³/mol. The second-order valence-electron chi connectivity index (χ2n) is 7.54. The Labute approximate surface area is 183 Å². The minimum atomic E-state index is -0.498. The molecule has 0 saturated carbocycles. The molecule has 10 nitrogen and oxygen atoms in total. The van der Waals surface area contributed by atoms with Crippen molar-refractivity contribution in [1.29, 1.82) is 0 Å². The number of halogens is 1. The molecule has 2 aliphatic heterocycles. The highest BCUT2D eigenvalue weighted by Crippen LogP contribution is 2.19. The first-order valence-electron chi connectivity index (χ1n) is 10.2. The third-order valence-electron chi connectivity index (χ3n) is 5.43. The summed E-state index contributed by atoms with van der Waals surface area (Å²) in [5.41, 5.74) is 0.979. The molecule has 1 aromatic heterocycles. The van der Waals surface area contributed by atoms with Crippen LogP contribution in [0.3, 0.4) is 0 Å². The third-order valence-corrected chi connectivity index (χ3v) is 5.43. The fourth-order valence-corrected chi connectivity index (χ4v) is 3.64. The van der Waals surface area contributed by atoms with Gasteiger partial charge in [-0.1, -0.05) is 12.1 Å². The number of aromatic nitrogens is 1. The van der Waals surface area contributed by atoms with Crippen molar-refractivity contribution in [1.82, 2.24) is 14.9 Å². The fourth-order valence-electron chi connectivity index (χ4n) is 3.64. The Balaban J connectivity index is 1.38. The Morgan fingerprint density at radius 1 is 1.06 bits per heavy atom. The summed E-state index contributed by atoms with van der Waals surface area (Å²) in [5, 5.41) is 16.3. The maximum absolute atomic E-state index is 13.1. The first-order chi connectivity index (χ1) is 15.4. The molecule has 11 heteroatoms. The van der Waals surface area contributed by atoms with Crippen LogP contribution >= 0.6 is 0 Å². The fraction of sp³-hybridized carbons (Fsp3) is 0.333. The second kappa shape index (κ2) is 9.08. The molecule has 32 heavy (non-hydrogen) atoms. The maximum atomic E-state index is 13.1. The van der Waals surface area contributed by atoms with Crippen LogP contribution in [0.4, 0.5) is 15.9 Å². The van der Waals surface area contributed by atoms with Crippen molar-refractivity contribution in [3.63, 3.8) is 0 Å². The zero-order valence-corrected chi connectivity index (χ0v) is 17.2. The van der Waals surface area contributed by atoms with E-state index in [4.69, 9.17) is 0 Å². The first kappa shape index (κ1) is 21.3. The molecule has 0 radical (unpaired) electrons. The van der Waals surface area contributed by atoms with Gasteiger partial charge in [-0.3, -0.25) is 19.7 Å². The predicted octanol–water partition coefficient (Wildman–Crippen LogP) is 1.96. The summed E-state index contributed by atoms with van der Waals surface area (Å²) in [5.74, 6) is -0.132. The average Bonchev–Trinajstić information content (AvgIpc) is 2.81. The molecule has 0 unspecified atom stereocenters. The second-order valence-corrected chi connectivity index (χ2v) is 7.54. The highest BCUT2D eigenvalue weighted by atomic mass is 19.1. The summed E-state index contributed by atoms with van der Waals surface area (Å²) in [4.78, 5) is 43.3. The smallest absolute Gasteiger partial charge is 0.287 e. The van der Waals surface area contributed by atoms with Crippen LogP contribution in [-0.4, -0.2) is 63.5 Å². The van der Waals surface area contributed by atoms with Gasteiger partial charge in [0.25, 0.3) is 11.6 Å². The molecular weight excluding hydrogens is 419 g/mol. The molecule has 2 amide bonds. The number of anilines is 1. The molecular formula is C21H21FN6O4. The van der Waals surface area contributed by atoms with E-state index in [1.165, 1.54) is 29.4 Å². The molecule has 0 N–H and O–H groups in total. The molecule has 1 aromatic carbocycles. The number of hydrogen-bond donors (Lipinski definition) is 0. The number of piperazine rings is 1. The molecule has 2 aliphatic rings. The number of pyridine rings is 1. The normalized spacial score (nSPS) is 16.7. The van der Waals surface area contributed by atoms with E-state index in [0.717, 1.165) is 5.56 Å². The molecule has 1 saturated heterocycles. The van der Waals surface area contributed by atoms with Gasteiger partial charge in [0.1, 0.15) is 23.5 Å². The van der Waals surface area contributed by atoms with E-state index in [-0.39, 0.29) is 42.7 Å². The molecule has 0 spiro atoms. The number of rotatable bonds is 5. The molecule has 166 valence electrons. The Bertz CT molecular complexity index is 1050. The number of carbonyl (C=O) groups excluding carboxylic acids is 2. The Morgan fingerprint density at radius 3 is 2.41 bits per heavy atom. The van der Waals surface area contributed by atoms with Crippen molar-refractivity contribution in [2.45, 2.75) is 19.4 Å². The molecule has 0 bridgehead atoms. The summed E-state index contributed by atoms with van der Waals surface area (Å²) in [6.07, 6.45) is 1.69. The maximum Gasteiger partial charge on any atom is 0.287 e. The Hall–Kier alpha value is -3.89. The topological polar surface area (TPSA) is 112 Å². The summed E-state index contributed by atoms with van der Waals surface area (Å²) in [7, 11) is 0. The van der Waals surface area contributed by atoms with Crippen LogP contribution in [0.25, 0.3) is 0 Å². The van der Waals surface area contributed by atoms with Gasteiger partial charge in [-0.25, -0.2) is 14.4 Å². The lowest BCUT2D eigenvalue weighted by atomic mass is 10.1. The summed E-state index contributed by atoms with van der Waals surface area (Å²) in [6, 6.07) is 8.81. The van der Waals surface area contributed by atoms with E-state index >= 15 is 0 Å². The van der Waals surface area contributed by atoms with Crippen molar-refractivity contribution in [3.05, 3.63) is 64.1 Å². The number of nitrogens with zero attached hydrogens (tertiary/aromatic N) is 6. The van der Waals surface area contributed by atoms with Crippen molar-refractivity contribution < 1.29 is 18.9 Å². The lowest BCUT2D eigenvalue weighted by molar-refractivity contribution is -0.385. The van der Waals surface area contributed by atoms with Gasteiger partial charge in [-0.15, -0.1) is 0 Å². The number of amides is 2. The highest BCUT2D eigenvalue weighted by molar-refractivity contribution is 6.39. The van der Waals surface area contributed by atoms with Gasteiger partial charge in [0, 0.05) is 45.1 Å². The molecule has 2 aromatic rings. The highest BCUT2D eigenvalue weighted by Gasteiger charge is 2.30. The van der Waals surface area contributed by atoms with E-state index in [1.807, 2.05) is 4.90 Å². The van der Waals surface area contributed by atoms with E-state index in [9.17, 15) is 24.1 Å². The van der Waals surface area contributed by atoms with Crippen LogP contribution < -0.4 is 4.90 Å². The van der Waals surface area contributed by atoms with Gasteiger partial charge in [0.15, 0.2) is 0 Å². The lowest BCUT2D eigenvalue weighted by Crippen LogP contribution is -2.51. The van der Waals surface area contributed by atoms with Crippen molar-refractivity contribution in [2.75, 3.05) is 31.1 Å². The molecule has 4 rings (SSSR count). The quantitative estimate of drug-likeness (QED) is 0.519. The van der Waals surface area contributed by atoms with Gasteiger partial charge in [0.2, 0.25) is 5.91 Å². The van der Waals surface area contributed by atoms with E-state index in [1.54, 1.807) is 23.1 Å². The third kappa shape index (κ3) is 4.71. The van der Waals surface area contributed by atoms with Gasteiger partial charge in [-0.05, 0) is 23.8 Å². The van der Waals surface area contributed by atoms with E-state index in [2.05, 4.69) is 10.1 Å². The zero-order chi connectivity index (χ0) is 22.7. The summed E-state index contributed by atoms with van der Waals surface area (Å²) < 4.78 is 13.1. The molecule has 0 atom stereocenters. The van der Waals surface area contributed by atoms with Crippen molar-refractivity contribution in [3.8, 4) is 0 Å². The summed E-state index contributed by atoms with van der Waals surface area (Å²) in [6.45, 7) is 2.13. The molecule has 3 heterocycles. The monoisotopic (exact) mass is 440 g/mol. The number of benzene rings is 1. The van der Waals surface area contributed by atoms with Crippen LogP contribution in [0.1, 0.15) is 18.4 Å². The summed E-state index contributed by atoms with van der Waals surface area (Å²) >= 11 is 0. The van der Waals surface area contributed by atoms with Crippen LogP contribution in [0, 0.1) is 15.9 Å². The largest absolute Gasteiger partial charge is 0.353 e. The van der Waals surface area contributed by atoms with Gasteiger partial charge < -0.3 is 9.80 Å². The number of nitro groups is 1. The Morgan fingerprint density at radius 2 is 1.78 bits per heavy atom. The van der Waals surface area contributed by atoms with Crippen LogP contribution in [0.2, 0.25) is 0 Å². The zero-order valence-electron chi connectivity index (χ0n) is 17.2. The number of carbonyl (C=O) groups is 2. The molecule has 1 fully saturated rings. The Kier molecular flexibility index (Phi) is 6.06. The minimum absolute atomic E-state index is 0.0717. The van der Waals surface area contributed by atoms with Gasteiger partial charge in [-0.2, -0.15) is 5.10 Å². The number of hydrogen-bond acceptors (Lipinski definition) is 7. The van der Waals surface area contributed by atoms with Gasteiger partial charge in [0.05, 0.1) is 11.5 Å². The van der Waals surface area contributed by atoms with E-state index < -0.39 is 4.92 Å². The van der Waals surface area contributed by atoms with Gasteiger partial charge >= 0.3 is 0 Å². The van der Waals surface area contributed by atoms with Crippen LogP contribution in [0.5, 0.6) is 0 Å². The van der Waals surface area contributed by atoms with E-state index in [0.29, 0.717) is 37.7 Å². The average molecular weight is 440 g/mol. The van der Waals surface area contributed by atoms with Crippen LogP contribution in [-0.2, 0) is 16.1 Å². The van der Waals surface area contributed by atoms with Crippen LogP contribution in [0.15, 0.2) is 47.7 Å². The standard InChI is InChI=1S/C21H21FN6O4/c22-16-3-1-15(2-4-16)14-27-20(29)8-6-18(24-27)21(30)26-11-9-25(10-12-26)19-7-5-17(13-23-19)28(31)32/h1-5,7,13H,6,8-12,14H2. The first-order valence-corrected chi connectivity index (χ1v) is 10.2. The SMILES string of the molecule is O=C(C1=NN(Cc2ccc(F)cc2)C(=O)CC1)N1CCN(c2ccc([N+](=O)[O-])cn2)CC1.